The monoisotopic (exact) mass is 216 g/mol. The second kappa shape index (κ2) is 4.16. The Bertz CT molecular complexity index is 471. The number of aromatic nitrogens is 1. The summed E-state index contributed by atoms with van der Waals surface area (Å²) < 4.78 is 5.35. The molecule has 2 aromatic rings. The first-order chi connectivity index (χ1) is 7.93. The van der Waals surface area contributed by atoms with Crippen molar-refractivity contribution in [2.24, 2.45) is 5.92 Å². The second-order valence-corrected chi connectivity index (χ2v) is 4.52. The van der Waals surface area contributed by atoms with Gasteiger partial charge in [-0.1, -0.05) is 12.8 Å². The van der Waals surface area contributed by atoms with Crippen LogP contribution in [0.3, 0.4) is 0 Å². The summed E-state index contributed by atoms with van der Waals surface area (Å²) in [6.45, 7) is 1.04. The van der Waals surface area contributed by atoms with E-state index in [1.165, 1.54) is 25.7 Å². The normalized spacial score (nSPS) is 17.0. The quantitative estimate of drug-likeness (QED) is 0.854. The lowest BCUT2D eigenvalue weighted by atomic mass is 10.1. The molecule has 3 nitrogen and oxygen atoms in total. The molecule has 0 spiro atoms. The second-order valence-electron chi connectivity index (χ2n) is 4.52. The van der Waals surface area contributed by atoms with E-state index in [4.69, 9.17) is 4.42 Å². The Morgan fingerprint density at radius 2 is 2.19 bits per heavy atom. The Hall–Kier alpha value is -1.51. The zero-order valence-electron chi connectivity index (χ0n) is 9.28. The highest BCUT2D eigenvalue weighted by molar-refractivity contribution is 5.87. The van der Waals surface area contributed by atoms with Crippen LogP contribution in [-0.2, 0) is 0 Å². The Kier molecular flexibility index (Phi) is 2.52. The van der Waals surface area contributed by atoms with Crippen molar-refractivity contribution in [1.29, 1.82) is 0 Å². The van der Waals surface area contributed by atoms with Crippen molar-refractivity contribution < 1.29 is 4.42 Å². The van der Waals surface area contributed by atoms with Crippen molar-refractivity contribution in [3.63, 3.8) is 0 Å². The van der Waals surface area contributed by atoms with Crippen LogP contribution in [0, 0.1) is 5.92 Å². The lowest BCUT2D eigenvalue weighted by Gasteiger charge is -2.11. The van der Waals surface area contributed by atoms with Crippen LogP contribution < -0.4 is 5.32 Å². The van der Waals surface area contributed by atoms with Gasteiger partial charge in [0.15, 0.2) is 0 Å². The summed E-state index contributed by atoms with van der Waals surface area (Å²) in [4.78, 5) is 4.37. The first-order valence-corrected chi connectivity index (χ1v) is 5.99. The Morgan fingerprint density at radius 1 is 1.31 bits per heavy atom. The van der Waals surface area contributed by atoms with Gasteiger partial charge in [0.25, 0.3) is 0 Å². The molecule has 0 saturated heterocycles. The van der Waals surface area contributed by atoms with E-state index < -0.39 is 0 Å². The van der Waals surface area contributed by atoms with E-state index >= 15 is 0 Å². The zero-order valence-corrected chi connectivity index (χ0v) is 9.28. The van der Waals surface area contributed by atoms with Gasteiger partial charge in [0, 0.05) is 12.7 Å². The molecule has 1 fully saturated rings. The van der Waals surface area contributed by atoms with Gasteiger partial charge in [-0.15, -0.1) is 0 Å². The highest BCUT2D eigenvalue weighted by Crippen LogP contribution is 2.26. The number of nitrogens with one attached hydrogen (secondary N) is 1. The van der Waals surface area contributed by atoms with Gasteiger partial charge in [0.05, 0.1) is 11.6 Å². The predicted molar refractivity (Wildman–Crippen MR) is 64.5 cm³/mol. The molecule has 3 heteroatoms. The van der Waals surface area contributed by atoms with Crippen molar-refractivity contribution in [3.8, 4) is 0 Å². The molecule has 0 amide bonds. The smallest absolute Gasteiger partial charge is 0.139 e. The van der Waals surface area contributed by atoms with Gasteiger partial charge in [0.1, 0.15) is 11.4 Å². The Balaban J connectivity index is 1.75. The number of nitrogens with zero attached hydrogens (tertiary/aromatic N) is 1. The Labute approximate surface area is 94.9 Å². The van der Waals surface area contributed by atoms with Crippen molar-refractivity contribution >= 4 is 16.8 Å². The predicted octanol–water partition coefficient (Wildman–Crippen LogP) is 3.43. The fourth-order valence-electron chi connectivity index (χ4n) is 2.49. The van der Waals surface area contributed by atoms with Crippen LogP contribution in [0.25, 0.3) is 11.0 Å². The summed E-state index contributed by atoms with van der Waals surface area (Å²) in [6.07, 6.45) is 8.99. The number of fused-ring (bicyclic) bond motifs is 1. The van der Waals surface area contributed by atoms with Gasteiger partial charge in [-0.25, -0.2) is 4.98 Å². The zero-order chi connectivity index (χ0) is 10.8. The SMILES string of the molecule is c1cc2occc2c(NCC2CCCC2)n1. The average Bonchev–Trinajstić information content (AvgIpc) is 2.97. The lowest BCUT2D eigenvalue weighted by Crippen LogP contribution is -2.11. The fourth-order valence-corrected chi connectivity index (χ4v) is 2.49. The van der Waals surface area contributed by atoms with E-state index in [2.05, 4.69) is 10.3 Å². The topological polar surface area (TPSA) is 38.1 Å². The molecule has 0 unspecified atom stereocenters. The van der Waals surface area contributed by atoms with Gasteiger partial charge in [-0.2, -0.15) is 0 Å². The number of rotatable bonds is 3. The summed E-state index contributed by atoms with van der Waals surface area (Å²) in [7, 11) is 0. The molecule has 84 valence electrons. The summed E-state index contributed by atoms with van der Waals surface area (Å²) in [5.74, 6) is 1.78. The van der Waals surface area contributed by atoms with Crippen molar-refractivity contribution in [1.82, 2.24) is 4.98 Å². The van der Waals surface area contributed by atoms with E-state index in [1.807, 2.05) is 12.1 Å². The van der Waals surface area contributed by atoms with Crippen molar-refractivity contribution in [2.45, 2.75) is 25.7 Å². The third kappa shape index (κ3) is 1.77. The van der Waals surface area contributed by atoms with E-state index in [0.717, 1.165) is 29.2 Å². The van der Waals surface area contributed by atoms with Gasteiger partial charge >= 0.3 is 0 Å². The molecular weight excluding hydrogens is 200 g/mol. The van der Waals surface area contributed by atoms with Gasteiger partial charge in [-0.3, -0.25) is 0 Å². The van der Waals surface area contributed by atoms with Gasteiger partial charge in [-0.05, 0) is 30.9 Å². The lowest BCUT2D eigenvalue weighted by molar-refractivity contribution is 0.579. The van der Waals surface area contributed by atoms with Crippen molar-refractivity contribution in [2.75, 3.05) is 11.9 Å². The first-order valence-electron chi connectivity index (χ1n) is 5.99. The van der Waals surface area contributed by atoms with Crippen LogP contribution in [-0.4, -0.2) is 11.5 Å². The van der Waals surface area contributed by atoms with Crippen LogP contribution in [0.5, 0.6) is 0 Å². The Morgan fingerprint density at radius 3 is 3.06 bits per heavy atom. The molecule has 0 aromatic carbocycles. The number of anilines is 1. The highest BCUT2D eigenvalue weighted by atomic mass is 16.3. The van der Waals surface area contributed by atoms with Crippen LogP contribution in [0.4, 0.5) is 5.82 Å². The summed E-state index contributed by atoms with van der Waals surface area (Å²) in [5, 5.41) is 4.53. The van der Waals surface area contributed by atoms with Crippen molar-refractivity contribution in [3.05, 3.63) is 24.6 Å². The number of pyridine rings is 1. The number of hydrogen-bond donors (Lipinski definition) is 1. The maximum Gasteiger partial charge on any atom is 0.139 e. The van der Waals surface area contributed by atoms with E-state index in [0.29, 0.717) is 0 Å². The van der Waals surface area contributed by atoms with E-state index in [-0.39, 0.29) is 0 Å². The molecule has 1 aliphatic carbocycles. The molecule has 0 aliphatic heterocycles. The molecule has 2 aromatic heterocycles. The molecule has 0 radical (unpaired) electrons. The van der Waals surface area contributed by atoms with Crippen LogP contribution in [0.1, 0.15) is 25.7 Å². The number of furan rings is 1. The largest absolute Gasteiger partial charge is 0.464 e. The molecule has 0 atom stereocenters. The van der Waals surface area contributed by atoms with Gasteiger partial charge in [0.2, 0.25) is 0 Å². The highest BCUT2D eigenvalue weighted by Gasteiger charge is 2.15. The van der Waals surface area contributed by atoms with Crippen LogP contribution in [0.15, 0.2) is 29.0 Å². The molecule has 3 rings (SSSR count). The minimum absolute atomic E-state index is 0.823. The summed E-state index contributed by atoms with van der Waals surface area (Å²) >= 11 is 0. The molecule has 1 saturated carbocycles. The number of hydrogen-bond acceptors (Lipinski definition) is 3. The van der Waals surface area contributed by atoms with Crippen LogP contribution >= 0.6 is 0 Å². The standard InChI is InChI=1S/C13H16N2O/c1-2-4-10(3-1)9-15-13-11-6-8-16-12(11)5-7-14-13/h5-8,10H,1-4,9H2,(H,14,15). The first kappa shape index (κ1) is 9.70. The minimum atomic E-state index is 0.823. The average molecular weight is 216 g/mol. The molecular formula is C13H16N2O. The fraction of sp³-hybridized carbons (Fsp3) is 0.462. The minimum Gasteiger partial charge on any atom is -0.464 e. The summed E-state index contributed by atoms with van der Waals surface area (Å²) in [5.41, 5.74) is 0.906. The van der Waals surface area contributed by atoms with E-state index in [9.17, 15) is 0 Å². The summed E-state index contributed by atoms with van der Waals surface area (Å²) in [6, 6.07) is 3.87. The molecule has 1 aliphatic rings. The molecule has 0 bridgehead atoms. The van der Waals surface area contributed by atoms with Gasteiger partial charge < -0.3 is 9.73 Å². The molecule has 2 heterocycles. The molecule has 1 N–H and O–H groups in total. The third-order valence-electron chi connectivity index (χ3n) is 3.41. The maximum absolute atomic E-state index is 5.35. The van der Waals surface area contributed by atoms with Crippen LogP contribution in [0.2, 0.25) is 0 Å². The molecule has 16 heavy (non-hydrogen) atoms. The maximum atomic E-state index is 5.35. The van der Waals surface area contributed by atoms with E-state index in [1.54, 1.807) is 12.5 Å². The third-order valence-corrected chi connectivity index (χ3v) is 3.41.